The van der Waals surface area contributed by atoms with E-state index >= 15 is 0 Å². The molecule has 0 saturated heterocycles. The summed E-state index contributed by atoms with van der Waals surface area (Å²) in [5.41, 5.74) is 2.83. The number of aromatic nitrogens is 1. The van der Waals surface area contributed by atoms with Gasteiger partial charge in [0.25, 0.3) is 6.01 Å². The van der Waals surface area contributed by atoms with Gasteiger partial charge in [-0.2, -0.15) is 4.98 Å². The van der Waals surface area contributed by atoms with E-state index in [1.54, 1.807) is 25.1 Å². The van der Waals surface area contributed by atoms with Crippen LogP contribution in [0.5, 0.6) is 0 Å². The standard InChI is InChI=1S/C16H14N2O3/c1-10(15(19)20)11-7-8-13-14(9-11)21-16(18-13)17-12-5-3-2-4-6-12/h2-10H,1H3,(H,17,18)(H,19,20). The smallest absolute Gasteiger partial charge is 0.310 e. The Labute approximate surface area is 121 Å². The maximum Gasteiger partial charge on any atom is 0.310 e. The topological polar surface area (TPSA) is 75.4 Å². The van der Waals surface area contributed by atoms with E-state index in [1.807, 2.05) is 30.3 Å². The first-order valence-corrected chi connectivity index (χ1v) is 6.59. The summed E-state index contributed by atoms with van der Waals surface area (Å²) in [6, 6.07) is 15.2. The molecule has 3 rings (SSSR count). The number of para-hydroxylation sites is 1. The Kier molecular flexibility index (Phi) is 3.31. The second-order valence-corrected chi connectivity index (χ2v) is 4.80. The van der Waals surface area contributed by atoms with Gasteiger partial charge in [-0.15, -0.1) is 0 Å². The molecule has 1 atom stereocenters. The summed E-state index contributed by atoms with van der Waals surface area (Å²) >= 11 is 0. The van der Waals surface area contributed by atoms with Crippen LogP contribution in [-0.2, 0) is 4.79 Å². The maximum absolute atomic E-state index is 11.0. The van der Waals surface area contributed by atoms with Gasteiger partial charge in [0.2, 0.25) is 0 Å². The van der Waals surface area contributed by atoms with Crippen molar-refractivity contribution in [3.8, 4) is 0 Å². The highest BCUT2D eigenvalue weighted by Gasteiger charge is 2.15. The minimum atomic E-state index is -0.864. The van der Waals surface area contributed by atoms with E-state index in [4.69, 9.17) is 9.52 Å². The van der Waals surface area contributed by atoms with E-state index in [-0.39, 0.29) is 0 Å². The Morgan fingerprint density at radius 2 is 2.00 bits per heavy atom. The van der Waals surface area contributed by atoms with Crippen molar-refractivity contribution in [3.63, 3.8) is 0 Å². The Hall–Kier alpha value is -2.82. The van der Waals surface area contributed by atoms with E-state index in [2.05, 4.69) is 10.3 Å². The van der Waals surface area contributed by atoms with Crippen molar-refractivity contribution in [1.29, 1.82) is 0 Å². The number of hydrogen-bond acceptors (Lipinski definition) is 4. The van der Waals surface area contributed by atoms with Crippen LogP contribution < -0.4 is 5.32 Å². The van der Waals surface area contributed by atoms with Gasteiger partial charge in [0.05, 0.1) is 5.92 Å². The predicted molar refractivity (Wildman–Crippen MR) is 79.8 cm³/mol. The molecule has 0 aliphatic carbocycles. The maximum atomic E-state index is 11.0. The number of nitrogens with zero attached hydrogens (tertiary/aromatic N) is 1. The van der Waals surface area contributed by atoms with Crippen LogP contribution in [0.1, 0.15) is 18.4 Å². The summed E-state index contributed by atoms with van der Waals surface area (Å²) in [7, 11) is 0. The van der Waals surface area contributed by atoms with Crippen LogP contribution in [0.15, 0.2) is 52.9 Å². The molecule has 0 bridgehead atoms. The third kappa shape index (κ3) is 2.72. The van der Waals surface area contributed by atoms with E-state index < -0.39 is 11.9 Å². The van der Waals surface area contributed by atoms with Crippen LogP contribution in [0.3, 0.4) is 0 Å². The number of nitrogens with one attached hydrogen (secondary N) is 1. The van der Waals surface area contributed by atoms with Crippen LogP contribution in [0.2, 0.25) is 0 Å². The van der Waals surface area contributed by atoms with Crippen molar-refractivity contribution in [2.24, 2.45) is 0 Å². The van der Waals surface area contributed by atoms with Gasteiger partial charge in [-0.05, 0) is 36.8 Å². The van der Waals surface area contributed by atoms with Crippen molar-refractivity contribution < 1.29 is 14.3 Å². The first-order valence-electron chi connectivity index (χ1n) is 6.59. The molecule has 0 saturated carbocycles. The number of rotatable bonds is 4. The Morgan fingerprint density at radius 1 is 1.24 bits per heavy atom. The average Bonchev–Trinajstić information content (AvgIpc) is 2.88. The van der Waals surface area contributed by atoms with Crippen LogP contribution in [0.4, 0.5) is 11.7 Å². The fourth-order valence-electron chi connectivity index (χ4n) is 2.05. The van der Waals surface area contributed by atoms with E-state index in [1.165, 1.54) is 0 Å². The number of anilines is 2. The van der Waals surface area contributed by atoms with Gasteiger partial charge in [-0.1, -0.05) is 24.3 Å². The first kappa shape index (κ1) is 13.2. The fraction of sp³-hybridized carbons (Fsp3) is 0.125. The minimum Gasteiger partial charge on any atom is -0.481 e. The number of oxazole rings is 1. The van der Waals surface area contributed by atoms with Gasteiger partial charge in [-0.3, -0.25) is 4.79 Å². The molecule has 0 spiro atoms. The summed E-state index contributed by atoms with van der Waals surface area (Å²) in [5, 5.41) is 12.1. The molecule has 21 heavy (non-hydrogen) atoms. The Morgan fingerprint density at radius 3 is 2.71 bits per heavy atom. The van der Waals surface area contributed by atoms with E-state index in [0.717, 1.165) is 5.69 Å². The number of hydrogen-bond donors (Lipinski definition) is 2. The van der Waals surface area contributed by atoms with Gasteiger partial charge in [0, 0.05) is 5.69 Å². The molecule has 2 aromatic carbocycles. The largest absolute Gasteiger partial charge is 0.481 e. The first-order chi connectivity index (χ1) is 10.1. The van der Waals surface area contributed by atoms with Crippen LogP contribution in [-0.4, -0.2) is 16.1 Å². The van der Waals surface area contributed by atoms with Gasteiger partial charge >= 0.3 is 5.97 Å². The van der Waals surface area contributed by atoms with Gasteiger partial charge in [-0.25, -0.2) is 0 Å². The van der Waals surface area contributed by atoms with Crippen molar-refractivity contribution >= 4 is 28.8 Å². The average molecular weight is 282 g/mol. The summed E-state index contributed by atoms with van der Waals surface area (Å²) in [4.78, 5) is 15.4. The van der Waals surface area contributed by atoms with Crippen molar-refractivity contribution in [1.82, 2.24) is 4.98 Å². The summed E-state index contributed by atoms with van der Waals surface area (Å²) in [5.74, 6) is -1.44. The summed E-state index contributed by atoms with van der Waals surface area (Å²) in [6.07, 6.45) is 0. The SMILES string of the molecule is CC(C(=O)O)c1ccc2nc(Nc3ccccc3)oc2c1. The lowest BCUT2D eigenvalue weighted by Crippen LogP contribution is -2.06. The van der Waals surface area contributed by atoms with Crippen LogP contribution in [0, 0.1) is 0 Å². The molecule has 0 aliphatic rings. The molecule has 1 unspecified atom stereocenters. The molecule has 0 aliphatic heterocycles. The lowest BCUT2D eigenvalue weighted by molar-refractivity contribution is -0.138. The van der Waals surface area contributed by atoms with Crippen LogP contribution >= 0.6 is 0 Å². The normalized spacial score (nSPS) is 12.2. The minimum absolute atomic E-state index is 0.385. The molecule has 0 radical (unpaired) electrons. The van der Waals surface area contributed by atoms with E-state index in [9.17, 15) is 4.79 Å². The number of fused-ring (bicyclic) bond motifs is 1. The number of carboxylic acids is 1. The van der Waals surface area contributed by atoms with Crippen molar-refractivity contribution in [3.05, 3.63) is 54.1 Å². The predicted octanol–water partition coefficient (Wildman–Crippen LogP) is 3.76. The lowest BCUT2D eigenvalue weighted by Gasteiger charge is -2.04. The van der Waals surface area contributed by atoms with Crippen molar-refractivity contribution in [2.45, 2.75) is 12.8 Å². The highest BCUT2D eigenvalue weighted by Crippen LogP contribution is 2.25. The molecular weight excluding hydrogens is 268 g/mol. The summed E-state index contributed by atoms with van der Waals surface area (Å²) < 4.78 is 5.63. The monoisotopic (exact) mass is 282 g/mol. The molecule has 106 valence electrons. The van der Waals surface area contributed by atoms with E-state index in [0.29, 0.717) is 22.7 Å². The molecule has 5 nitrogen and oxygen atoms in total. The van der Waals surface area contributed by atoms with Gasteiger partial charge < -0.3 is 14.8 Å². The molecule has 0 amide bonds. The zero-order chi connectivity index (χ0) is 14.8. The third-order valence-electron chi connectivity index (χ3n) is 3.31. The number of carboxylic acid groups (broad SMARTS) is 1. The summed E-state index contributed by atoms with van der Waals surface area (Å²) in [6.45, 7) is 1.64. The molecule has 5 heteroatoms. The van der Waals surface area contributed by atoms with Gasteiger partial charge in [0.15, 0.2) is 5.58 Å². The lowest BCUT2D eigenvalue weighted by atomic mass is 10.0. The molecular formula is C16H14N2O3. The zero-order valence-electron chi connectivity index (χ0n) is 11.4. The second-order valence-electron chi connectivity index (χ2n) is 4.80. The van der Waals surface area contributed by atoms with Gasteiger partial charge in [0.1, 0.15) is 5.52 Å². The quantitative estimate of drug-likeness (QED) is 0.762. The van der Waals surface area contributed by atoms with Crippen LogP contribution in [0.25, 0.3) is 11.1 Å². The van der Waals surface area contributed by atoms with Crippen molar-refractivity contribution in [2.75, 3.05) is 5.32 Å². The number of aliphatic carboxylic acids is 1. The molecule has 3 aromatic rings. The molecule has 1 aromatic heterocycles. The zero-order valence-corrected chi connectivity index (χ0v) is 11.4. The highest BCUT2D eigenvalue weighted by atomic mass is 16.4. The molecule has 1 heterocycles. The Bertz CT molecular complexity index is 781. The highest BCUT2D eigenvalue weighted by molar-refractivity contribution is 5.80. The number of carbonyl (C=O) groups is 1. The Balaban J connectivity index is 1.91. The third-order valence-corrected chi connectivity index (χ3v) is 3.31. The number of benzene rings is 2. The molecule has 0 fully saturated rings. The fourth-order valence-corrected chi connectivity index (χ4v) is 2.05. The molecule has 2 N–H and O–H groups in total. The second kappa shape index (κ2) is 5.28.